The lowest BCUT2D eigenvalue weighted by Gasteiger charge is -2.30. The predicted molar refractivity (Wildman–Crippen MR) is 80.9 cm³/mol. The molecule has 1 unspecified atom stereocenters. The van der Waals surface area contributed by atoms with Crippen LogP contribution in [0.5, 0.6) is 0 Å². The molecule has 0 aromatic heterocycles. The highest BCUT2D eigenvalue weighted by Crippen LogP contribution is 2.18. The number of hydrogen-bond donors (Lipinski definition) is 1. The second-order valence-corrected chi connectivity index (χ2v) is 7.00. The molecule has 0 fully saturated rings. The van der Waals surface area contributed by atoms with Crippen molar-refractivity contribution in [1.82, 2.24) is 0 Å². The van der Waals surface area contributed by atoms with Crippen LogP contribution in [0, 0.1) is 0 Å². The van der Waals surface area contributed by atoms with Crippen LogP contribution in [0.1, 0.15) is 27.7 Å². The van der Waals surface area contributed by atoms with Gasteiger partial charge in [0.2, 0.25) is 0 Å². The van der Waals surface area contributed by atoms with E-state index >= 15 is 0 Å². The van der Waals surface area contributed by atoms with E-state index in [-0.39, 0.29) is 4.87 Å². The number of aliphatic imine (C=N–C) groups is 2. The van der Waals surface area contributed by atoms with Crippen molar-refractivity contribution in [2.45, 2.75) is 32.6 Å². The molecule has 0 aliphatic rings. The molecule has 106 valence electrons. The molecule has 0 rings (SSSR count). The molecule has 1 atom stereocenters. The maximum absolute atomic E-state index is 5.71. The molecule has 0 heterocycles. The third kappa shape index (κ3) is 6.10. The van der Waals surface area contributed by atoms with Gasteiger partial charge in [0.25, 0.3) is 0 Å². The first-order chi connectivity index (χ1) is 8.66. The zero-order valence-corrected chi connectivity index (χ0v) is 13.5. The first kappa shape index (κ1) is 17.8. The zero-order valence-electron chi connectivity index (χ0n) is 11.6. The first-order valence-electron chi connectivity index (χ1n) is 6.28. The van der Waals surface area contributed by atoms with Gasteiger partial charge in [-0.25, -0.2) is 4.99 Å². The highest BCUT2D eigenvalue weighted by molar-refractivity contribution is 7.83. The van der Waals surface area contributed by atoms with Crippen LogP contribution in [-0.4, -0.2) is 52.6 Å². The Morgan fingerprint density at radius 2 is 1.56 bits per heavy atom. The van der Waals surface area contributed by atoms with Gasteiger partial charge in [-0.1, -0.05) is 0 Å². The summed E-state index contributed by atoms with van der Waals surface area (Å²) < 4.78 is 17.1. The van der Waals surface area contributed by atoms with Crippen LogP contribution in [0.25, 0.3) is 0 Å². The van der Waals surface area contributed by atoms with Gasteiger partial charge in [-0.3, -0.25) is 4.99 Å². The van der Waals surface area contributed by atoms with Crippen molar-refractivity contribution < 1.29 is 13.3 Å². The molecule has 5 nitrogen and oxygen atoms in total. The van der Waals surface area contributed by atoms with Crippen LogP contribution >= 0.6 is 12.6 Å². The van der Waals surface area contributed by atoms with Gasteiger partial charge in [-0.15, -0.1) is 0 Å². The number of nitrogens with zero attached hydrogens (tertiary/aromatic N) is 2. The van der Waals surface area contributed by atoms with Crippen LogP contribution in [0.2, 0.25) is 0 Å². The van der Waals surface area contributed by atoms with E-state index in [9.17, 15) is 0 Å². The first-order valence-corrected chi connectivity index (χ1v) is 8.60. The Labute approximate surface area is 116 Å². The van der Waals surface area contributed by atoms with Gasteiger partial charge in [-0.2, -0.15) is 12.6 Å². The van der Waals surface area contributed by atoms with Crippen LogP contribution in [-0.2, 0) is 13.3 Å². The van der Waals surface area contributed by atoms with Crippen molar-refractivity contribution in [3.8, 4) is 0 Å². The van der Waals surface area contributed by atoms with Gasteiger partial charge >= 0.3 is 8.80 Å². The summed E-state index contributed by atoms with van der Waals surface area (Å²) in [5.41, 5.74) is 0. The highest BCUT2D eigenvalue weighted by atomic mass is 32.1. The van der Waals surface area contributed by atoms with Crippen molar-refractivity contribution >= 4 is 34.0 Å². The predicted octanol–water partition coefficient (Wildman–Crippen LogP) is 1.99. The van der Waals surface area contributed by atoms with Crippen molar-refractivity contribution in [2.24, 2.45) is 9.98 Å². The number of rotatable bonds is 10. The third-order valence-electron chi connectivity index (χ3n) is 1.96. The van der Waals surface area contributed by atoms with Crippen LogP contribution in [0.4, 0.5) is 0 Å². The molecule has 0 spiro atoms. The summed E-state index contributed by atoms with van der Waals surface area (Å²) >= 11 is 4.49. The van der Waals surface area contributed by atoms with E-state index in [2.05, 4.69) is 22.6 Å². The quantitative estimate of drug-likeness (QED) is 0.290. The summed E-state index contributed by atoms with van der Waals surface area (Å²) in [7, 11) is -2.81. The summed E-state index contributed by atoms with van der Waals surface area (Å²) in [4.78, 5) is 7.78. The molecule has 0 bridgehead atoms. The van der Waals surface area contributed by atoms with Gasteiger partial charge in [-0.05, 0) is 27.7 Å². The lowest BCUT2D eigenvalue weighted by molar-refractivity contribution is 0.0742. The molecule has 0 radical (unpaired) electrons. The Morgan fingerprint density at radius 1 is 1.06 bits per heavy atom. The lowest BCUT2D eigenvalue weighted by Crippen LogP contribution is -2.55. The van der Waals surface area contributed by atoms with E-state index in [1.54, 1.807) is 6.21 Å². The summed E-state index contributed by atoms with van der Waals surface area (Å²) in [5, 5.41) is 0. The second kappa shape index (κ2) is 10.7. The van der Waals surface area contributed by atoms with E-state index in [0.29, 0.717) is 26.4 Å². The van der Waals surface area contributed by atoms with Crippen LogP contribution in [0.15, 0.2) is 9.98 Å². The highest BCUT2D eigenvalue weighted by Gasteiger charge is 2.47. The normalized spacial score (nSPS) is 14.7. The molecule has 0 aromatic carbocycles. The summed E-state index contributed by atoms with van der Waals surface area (Å²) in [6.07, 6.45) is 3.17. The van der Waals surface area contributed by atoms with Crippen molar-refractivity contribution in [3.63, 3.8) is 0 Å². The second-order valence-electron chi connectivity index (χ2n) is 3.26. The van der Waals surface area contributed by atoms with Crippen molar-refractivity contribution in [2.75, 3.05) is 26.4 Å². The van der Waals surface area contributed by atoms with Crippen LogP contribution < -0.4 is 0 Å². The van der Waals surface area contributed by atoms with Gasteiger partial charge in [0, 0.05) is 32.6 Å². The van der Waals surface area contributed by atoms with Gasteiger partial charge in [0.05, 0.1) is 0 Å². The largest absolute Gasteiger partial charge is 0.520 e. The number of hydrogen-bond acceptors (Lipinski definition) is 5. The van der Waals surface area contributed by atoms with E-state index in [1.165, 1.54) is 6.34 Å². The molecule has 0 saturated heterocycles. The summed E-state index contributed by atoms with van der Waals surface area (Å²) in [6.45, 7) is 9.98. The van der Waals surface area contributed by atoms with E-state index < -0.39 is 8.80 Å². The molecule has 0 aromatic rings. The lowest BCUT2D eigenvalue weighted by atomic mass is 10.8. The molecule has 0 amide bonds. The van der Waals surface area contributed by atoms with Crippen molar-refractivity contribution in [3.05, 3.63) is 0 Å². The smallest absolute Gasteiger partial charge is 0.373 e. The maximum atomic E-state index is 5.71. The molecule has 0 aliphatic carbocycles. The Bertz CT molecular complexity index is 248. The molecule has 0 aliphatic heterocycles. The third-order valence-corrected chi connectivity index (χ3v) is 5.99. The van der Waals surface area contributed by atoms with E-state index in [0.717, 1.165) is 0 Å². The Balaban J connectivity index is 4.78. The molecular weight excluding hydrogens is 268 g/mol. The minimum Gasteiger partial charge on any atom is -0.373 e. The van der Waals surface area contributed by atoms with E-state index in [4.69, 9.17) is 13.3 Å². The average molecular weight is 292 g/mol. The molecule has 0 N–H and O–H groups in total. The SMILES string of the molecule is CCN=CN=CC(S)[Si](OCC)(OCC)OCC. The minimum atomic E-state index is -2.81. The fourth-order valence-corrected chi connectivity index (χ4v) is 4.31. The Hall–Kier alpha value is -0.213. The van der Waals surface area contributed by atoms with Gasteiger partial charge in [0.15, 0.2) is 0 Å². The molecule has 0 saturated carbocycles. The average Bonchev–Trinajstić information content (AvgIpc) is 2.35. The van der Waals surface area contributed by atoms with Gasteiger partial charge < -0.3 is 13.3 Å². The Morgan fingerprint density at radius 3 is 1.94 bits per heavy atom. The minimum absolute atomic E-state index is 0.291. The van der Waals surface area contributed by atoms with Gasteiger partial charge in [0.1, 0.15) is 11.2 Å². The molecular formula is C11H24N2O3SSi. The standard InChI is InChI=1S/C11H24N2O3SSi/c1-5-12-10-13-9-11(17)18(14-6-2,15-7-3)16-8-4/h9-11,17H,5-8H2,1-4H3. The topological polar surface area (TPSA) is 52.4 Å². The maximum Gasteiger partial charge on any atom is 0.520 e. The van der Waals surface area contributed by atoms with Crippen LogP contribution in [0.3, 0.4) is 0 Å². The van der Waals surface area contributed by atoms with Crippen molar-refractivity contribution in [1.29, 1.82) is 0 Å². The molecule has 7 heteroatoms. The fourth-order valence-electron chi connectivity index (χ4n) is 1.32. The summed E-state index contributed by atoms with van der Waals surface area (Å²) in [6, 6.07) is 0. The van der Waals surface area contributed by atoms with E-state index in [1.807, 2.05) is 27.7 Å². The molecule has 18 heavy (non-hydrogen) atoms. The zero-order chi connectivity index (χ0) is 13.9. The number of thiol groups is 1. The Kier molecular flexibility index (Phi) is 10.6. The fraction of sp³-hybridized carbons (Fsp3) is 0.818. The monoisotopic (exact) mass is 292 g/mol. The summed E-state index contributed by atoms with van der Waals surface area (Å²) in [5.74, 6) is 0.